The van der Waals surface area contributed by atoms with Crippen LogP contribution in [-0.2, 0) is 10.0 Å². The quantitative estimate of drug-likeness (QED) is 0.910. The van der Waals surface area contributed by atoms with Gasteiger partial charge in [-0.25, -0.2) is 17.5 Å². The predicted molar refractivity (Wildman–Crippen MR) is 74.8 cm³/mol. The van der Waals surface area contributed by atoms with E-state index in [2.05, 4.69) is 4.72 Å². The van der Waals surface area contributed by atoms with Crippen LogP contribution in [0.3, 0.4) is 0 Å². The van der Waals surface area contributed by atoms with Crippen LogP contribution in [0.4, 0.5) is 4.39 Å². The Hall–Kier alpha value is -1.14. The van der Waals surface area contributed by atoms with Crippen molar-refractivity contribution in [3.63, 3.8) is 0 Å². The molecule has 2 rings (SSSR count). The number of hydrogen-bond acceptors (Lipinski definition) is 3. The Morgan fingerprint density at radius 2 is 2.00 bits per heavy atom. The molecule has 0 heterocycles. The molecule has 1 aromatic rings. The molecule has 20 heavy (non-hydrogen) atoms. The van der Waals surface area contributed by atoms with Crippen molar-refractivity contribution in [1.82, 2.24) is 4.72 Å². The fraction of sp³-hybridized carbons (Fsp3) is 0.571. The van der Waals surface area contributed by atoms with Gasteiger partial charge in [0.1, 0.15) is 0 Å². The molecule has 0 bridgehead atoms. The minimum Gasteiger partial charge on any atom is -0.491 e. The molecule has 0 radical (unpaired) electrons. The molecule has 1 aromatic carbocycles. The number of hydrogen-bond donors (Lipinski definition) is 1. The van der Waals surface area contributed by atoms with E-state index in [0.717, 1.165) is 38.2 Å². The Morgan fingerprint density at radius 3 is 2.60 bits per heavy atom. The first-order valence-electron chi connectivity index (χ1n) is 6.97. The Morgan fingerprint density at radius 1 is 1.30 bits per heavy atom. The third kappa shape index (κ3) is 3.70. The van der Waals surface area contributed by atoms with Gasteiger partial charge in [-0.3, -0.25) is 0 Å². The molecule has 112 valence electrons. The topological polar surface area (TPSA) is 55.4 Å². The average molecular weight is 301 g/mol. The van der Waals surface area contributed by atoms with E-state index in [9.17, 15) is 12.8 Å². The van der Waals surface area contributed by atoms with E-state index in [0.29, 0.717) is 6.61 Å². The second kappa shape index (κ2) is 6.54. The smallest absolute Gasteiger partial charge is 0.240 e. The molecule has 1 saturated carbocycles. The van der Waals surface area contributed by atoms with Gasteiger partial charge in [0.2, 0.25) is 10.0 Å². The van der Waals surface area contributed by atoms with Gasteiger partial charge in [0.25, 0.3) is 0 Å². The maximum absolute atomic E-state index is 13.7. The van der Waals surface area contributed by atoms with E-state index in [4.69, 9.17) is 4.74 Å². The number of halogens is 1. The van der Waals surface area contributed by atoms with Gasteiger partial charge in [-0.2, -0.15) is 0 Å². The summed E-state index contributed by atoms with van der Waals surface area (Å²) < 4.78 is 45.9. The Labute approximate surface area is 119 Å². The van der Waals surface area contributed by atoms with Crippen molar-refractivity contribution >= 4 is 10.0 Å². The Balaban J connectivity index is 2.14. The van der Waals surface area contributed by atoms with Crippen molar-refractivity contribution in [2.75, 3.05) is 6.61 Å². The molecule has 0 unspecified atom stereocenters. The van der Waals surface area contributed by atoms with E-state index >= 15 is 0 Å². The van der Waals surface area contributed by atoms with E-state index < -0.39 is 15.8 Å². The van der Waals surface area contributed by atoms with Gasteiger partial charge in [-0.15, -0.1) is 0 Å². The predicted octanol–water partition coefficient (Wildman–Crippen LogP) is 2.84. The van der Waals surface area contributed by atoms with Crippen molar-refractivity contribution in [1.29, 1.82) is 0 Å². The zero-order chi connectivity index (χ0) is 14.6. The molecule has 0 spiro atoms. The number of benzene rings is 1. The normalized spacial score (nSPS) is 17.1. The number of nitrogens with one attached hydrogen (secondary N) is 1. The lowest BCUT2D eigenvalue weighted by atomic mass is 9.96. The Bertz CT molecular complexity index is 554. The average Bonchev–Trinajstić information content (AvgIpc) is 2.42. The second-order valence-corrected chi connectivity index (χ2v) is 6.70. The molecule has 1 aliphatic carbocycles. The monoisotopic (exact) mass is 301 g/mol. The van der Waals surface area contributed by atoms with Crippen LogP contribution in [0.1, 0.15) is 39.0 Å². The molecule has 1 fully saturated rings. The van der Waals surface area contributed by atoms with Gasteiger partial charge in [0, 0.05) is 6.04 Å². The van der Waals surface area contributed by atoms with Crippen LogP contribution in [-0.4, -0.2) is 21.1 Å². The molecule has 0 amide bonds. The molecular formula is C14H20FNO3S. The van der Waals surface area contributed by atoms with Crippen LogP contribution < -0.4 is 9.46 Å². The summed E-state index contributed by atoms with van der Waals surface area (Å²) in [6.45, 7) is 2.08. The molecule has 1 aliphatic rings. The summed E-state index contributed by atoms with van der Waals surface area (Å²) in [7, 11) is -3.66. The van der Waals surface area contributed by atoms with Crippen LogP contribution in [0, 0.1) is 5.82 Å². The number of rotatable bonds is 5. The van der Waals surface area contributed by atoms with Crippen molar-refractivity contribution < 1.29 is 17.5 Å². The van der Waals surface area contributed by atoms with E-state index in [-0.39, 0.29) is 16.7 Å². The summed E-state index contributed by atoms with van der Waals surface area (Å²) in [5.74, 6) is -0.581. The lowest BCUT2D eigenvalue weighted by molar-refractivity contribution is 0.321. The molecule has 0 saturated heterocycles. The lowest BCUT2D eigenvalue weighted by Gasteiger charge is -2.22. The summed E-state index contributed by atoms with van der Waals surface area (Å²) in [5.41, 5.74) is 0. The number of sulfonamides is 1. The molecule has 1 N–H and O–H groups in total. The first kappa shape index (κ1) is 15.3. The van der Waals surface area contributed by atoms with E-state index in [1.54, 1.807) is 6.92 Å². The SMILES string of the molecule is CCOc1ccc(S(=O)(=O)NC2CCCCC2)cc1F. The third-order valence-electron chi connectivity index (χ3n) is 3.44. The van der Waals surface area contributed by atoms with Crippen LogP contribution in [0.5, 0.6) is 5.75 Å². The zero-order valence-electron chi connectivity index (χ0n) is 11.6. The molecule has 6 heteroatoms. The fourth-order valence-corrected chi connectivity index (χ4v) is 3.75. The zero-order valence-corrected chi connectivity index (χ0v) is 12.4. The summed E-state index contributed by atoms with van der Waals surface area (Å²) in [5, 5.41) is 0. The highest BCUT2D eigenvalue weighted by Gasteiger charge is 2.22. The standard InChI is InChI=1S/C14H20FNO3S/c1-2-19-14-9-8-12(10-13(14)15)20(17,18)16-11-6-4-3-5-7-11/h8-11,16H,2-7H2,1H3. The summed E-state index contributed by atoms with van der Waals surface area (Å²) in [6, 6.07) is 3.70. The summed E-state index contributed by atoms with van der Waals surface area (Å²) in [6.07, 6.45) is 4.91. The Kier molecular flexibility index (Phi) is 4.99. The van der Waals surface area contributed by atoms with Crippen LogP contribution >= 0.6 is 0 Å². The van der Waals surface area contributed by atoms with Crippen molar-refractivity contribution in [2.45, 2.75) is 50.0 Å². The van der Waals surface area contributed by atoms with Gasteiger partial charge in [-0.1, -0.05) is 19.3 Å². The lowest BCUT2D eigenvalue weighted by Crippen LogP contribution is -2.36. The second-order valence-electron chi connectivity index (χ2n) is 4.98. The van der Waals surface area contributed by atoms with Crippen molar-refractivity contribution in [3.05, 3.63) is 24.0 Å². The van der Waals surface area contributed by atoms with E-state index in [1.807, 2.05) is 0 Å². The van der Waals surface area contributed by atoms with Gasteiger partial charge in [0.05, 0.1) is 11.5 Å². The minimum atomic E-state index is -3.66. The van der Waals surface area contributed by atoms with Gasteiger partial charge in [-0.05, 0) is 38.0 Å². The van der Waals surface area contributed by atoms with Gasteiger partial charge in [0.15, 0.2) is 11.6 Å². The highest BCUT2D eigenvalue weighted by molar-refractivity contribution is 7.89. The first-order chi connectivity index (χ1) is 9.53. The summed E-state index contributed by atoms with van der Waals surface area (Å²) >= 11 is 0. The van der Waals surface area contributed by atoms with Gasteiger partial charge < -0.3 is 4.74 Å². The van der Waals surface area contributed by atoms with Crippen LogP contribution in [0.25, 0.3) is 0 Å². The van der Waals surface area contributed by atoms with Crippen molar-refractivity contribution in [2.24, 2.45) is 0 Å². The van der Waals surface area contributed by atoms with Gasteiger partial charge >= 0.3 is 0 Å². The largest absolute Gasteiger partial charge is 0.491 e. The van der Waals surface area contributed by atoms with E-state index in [1.165, 1.54) is 12.1 Å². The van der Waals surface area contributed by atoms with Crippen LogP contribution in [0.2, 0.25) is 0 Å². The number of ether oxygens (including phenoxy) is 1. The highest BCUT2D eigenvalue weighted by Crippen LogP contribution is 2.23. The summed E-state index contributed by atoms with van der Waals surface area (Å²) in [4.78, 5) is -0.0518. The minimum absolute atomic E-state index is 0.0385. The van der Waals surface area contributed by atoms with Crippen molar-refractivity contribution in [3.8, 4) is 5.75 Å². The molecule has 0 aliphatic heterocycles. The molecule has 4 nitrogen and oxygen atoms in total. The molecule has 0 atom stereocenters. The molecular weight excluding hydrogens is 281 g/mol. The van der Waals surface area contributed by atoms with Crippen LogP contribution in [0.15, 0.2) is 23.1 Å². The maximum atomic E-state index is 13.7. The third-order valence-corrected chi connectivity index (χ3v) is 4.96. The highest BCUT2D eigenvalue weighted by atomic mass is 32.2. The first-order valence-corrected chi connectivity index (χ1v) is 8.46. The maximum Gasteiger partial charge on any atom is 0.240 e. The fourth-order valence-electron chi connectivity index (χ4n) is 2.43. The molecule has 0 aromatic heterocycles.